The number of nitrogens with zero attached hydrogens (tertiary/aromatic N) is 3. The minimum Gasteiger partial charge on any atom is -0.320 e. The first kappa shape index (κ1) is 16.6. The van der Waals surface area contributed by atoms with Gasteiger partial charge in [-0.2, -0.15) is 0 Å². The molecule has 1 saturated carbocycles. The topological polar surface area (TPSA) is 56.7 Å². The third-order valence-electron chi connectivity index (χ3n) is 4.60. The van der Waals surface area contributed by atoms with Crippen LogP contribution in [0.3, 0.4) is 0 Å². The Bertz CT molecular complexity index is 931. The van der Waals surface area contributed by atoms with Crippen molar-refractivity contribution in [2.75, 3.05) is 0 Å². The number of aromatic nitrogens is 3. The van der Waals surface area contributed by atoms with Crippen molar-refractivity contribution >= 4 is 23.2 Å². The van der Waals surface area contributed by atoms with E-state index in [1.807, 2.05) is 49.4 Å². The molecule has 1 aromatic heterocycles. The van der Waals surface area contributed by atoms with Crippen LogP contribution in [-0.2, 0) is 0 Å². The molecule has 6 heteroatoms. The molecule has 1 unspecified atom stereocenters. The number of rotatable bonds is 4. The maximum atomic E-state index is 6.59. The molecule has 1 atom stereocenters. The maximum absolute atomic E-state index is 6.59. The molecule has 25 heavy (non-hydrogen) atoms. The highest BCUT2D eigenvalue weighted by molar-refractivity contribution is 6.31. The van der Waals surface area contributed by atoms with Gasteiger partial charge >= 0.3 is 0 Å². The lowest BCUT2D eigenvalue weighted by Crippen LogP contribution is -2.16. The van der Waals surface area contributed by atoms with E-state index in [9.17, 15) is 0 Å². The van der Waals surface area contributed by atoms with E-state index < -0.39 is 6.04 Å². The van der Waals surface area contributed by atoms with E-state index in [1.165, 1.54) is 0 Å². The Labute approximate surface area is 156 Å². The van der Waals surface area contributed by atoms with E-state index in [2.05, 4.69) is 14.8 Å². The van der Waals surface area contributed by atoms with Crippen molar-refractivity contribution in [2.24, 2.45) is 5.73 Å². The standard InChI is InChI=1S/C19H18Cl2N4/c1-11-23-24-19(12-6-7-12)25(11)17-9-8-13(20)10-15(17)18(22)14-4-2-3-5-16(14)21/h2-5,8-10,12,18H,6-7,22H2,1H3. The molecule has 2 aromatic carbocycles. The summed E-state index contributed by atoms with van der Waals surface area (Å²) in [4.78, 5) is 0. The molecule has 0 amide bonds. The average molecular weight is 373 g/mol. The summed E-state index contributed by atoms with van der Waals surface area (Å²) in [7, 11) is 0. The van der Waals surface area contributed by atoms with Crippen LogP contribution in [0, 0.1) is 6.92 Å². The first-order chi connectivity index (χ1) is 12.1. The zero-order valence-corrected chi connectivity index (χ0v) is 15.3. The SMILES string of the molecule is Cc1nnc(C2CC2)n1-c1ccc(Cl)cc1C(N)c1ccccc1Cl. The molecule has 1 aliphatic rings. The lowest BCUT2D eigenvalue weighted by molar-refractivity contribution is 0.813. The molecule has 0 radical (unpaired) electrons. The van der Waals surface area contributed by atoms with Gasteiger partial charge in [-0.15, -0.1) is 10.2 Å². The van der Waals surface area contributed by atoms with Crippen LogP contribution >= 0.6 is 23.2 Å². The quantitative estimate of drug-likeness (QED) is 0.714. The summed E-state index contributed by atoms with van der Waals surface area (Å²) in [6.45, 7) is 1.96. The maximum Gasteiger partial charge on any atom is 0.140 e. The molecule has 1 heterocycles. The number of aryl methyl sites for hydroxylation is 1. The summed E-state index contributed by atoms with van der Waals surface area (Å²) in [6.07, 6.45) is 2.30. The Balaban J connectivity index is 1.88. The van der Waals surface area contributed by atoms with Gasteiger partial charge in [-0.05, 0) is 55.2 Å². The molecule has 1 fully saturated rings. The highest BCUT2D eigenvalue weighted by Gasteiger charge is 2.31. The third kappa shape index (κ3) is 3.06. The number of nitrogens with two attached hydrogens (primary N) is 1. The summed E-state index contributed by atoms with van der Waals surface area (Å²) in [5.74, 6) is 2.31. The van der Waals surface area contributed by atoms with Crippen LogP contribution < -0.4 is 5.73 Å². The van der Waals surface area contributed by atoms with Crippen LogP contribution in [0.5, 0.6) is 0 Å². The monoisotopic (exact) mass is 372 g/mol. The van der Waals surface area contributed by atoms with Gasteiger partial charge in [0, 0.05) is 16.0 Å². The van der Waals surface area contributed by atoms with Crippen molar-refractivity contribution in [3.05, 3.63) is 75.3 Å². The zero-order valence-electron chi connectivity index (χ0n) is 13.8. The summed E-state index contributed by atoms with van der Waals surface area (Å²) < 4.78 is 2.10. The molecule has 0 bridgehead atoms. The fourth-order valence-corrected chi connectivity index (χ4v) is 3.59. The van der Waals surface area contributed by atoms with E-state index in [4.69, 9.17) is 28.9 Å². The van der Waals surface area contributed by atoms with Gasteiger partial charge in [0.05, 0.1) is 11.7 Å². The normalized spacial score (nSPS) is 15.4. The smallest absolute Gasteiger partial charge is 0.140 e. The minimum atomic E-state index is -0.392. The minimum absolute atomic E-state index is 0.392. The fraction of sp³-hybridized carbons (Fsp3) is 0.263. The molecule has 4 rings (SSSR count). The predicted octanol–water partition coefficient (Wildman–Crippen LogP) is 4.81. The lowest BCUT2D eigenvalue weighted by atomic mass is 9.97. The summed E-state index contributed by atoms with van der Waals surface area (Å²) >= 11 is 12.6. The molecule has 2 N–H and O–H groups in total. The number of hydrogen-bond donors (Lipinski definition) is 1. The third-order valence-corrected chi connectivity index (χ3v) is 5.18. The fourth-order valence-electron chi connectivity index (χ4n) is 3.16. The average Bonchev–Trinajstić information content (AvgIpc) is 3.38. The van der Waals surface area contributed by atoms with Gasteiger partial charge in [-0.1, -0.05) is 41.4 Å². The van der Waals surface area contributed by atoms with E-state index in [-0.39, 0.29) is 0 Å². The molecule has 0 saturated heterocycles. The lowest BCUT2D eigenvalue weighted by Gasteiger charge is -2.20. The number of hydrogen-bond acceptors (Lipinski definition) is 3. The van der Waals surface area contributed by atoms with Crippen molar-refractivity contribution in [1.29, 1.82) is 0 Å². The highest BCUT2D eigenvalue weighted by atomic mass is 35.5. The largest absolute Gasteiger partial charge is 0.320 e. The second-order valence-corrected chi connectivity index (χ2v) is 7.26. The Hall–Kier alpha value is -1.88. The molecule has 1 aliphatic carbocycles. The van der Waals surface area contributed by atoms with E-state index in [0.717, 1.165) is 41.3 Å². The second kappa shape index (κ2) is 6.45. The van der Waals surface area contributed by atoms with Crippen LogP contribution in [0.1, 0.15) is 47.6 Å². The van der Waals surface area contributed by atoms with E-state index >= 15 is 0 Å². The first-order valence-corrected chi connectivity index (χ1v) is 9.03. The summed E-state index contributed by atoms with van der Waals surface area (Å²) in [5.41, 5.74) is 9.32. The summed E-state index contributed by atoms with van der Waals surface area (Å²) in [5, 5.41) is 9.94. The van der Waals surface area contributed by atoms with Crippen LogP contribution in [0.4, 0.5) is 0 Å². The van der Waals surface area contributed by atoms with E-state index in [1.54, 1.807) is 0 Å². The molecular formula is C19H18Cl2N4. The van der Waals surface area contributed by atoms with Crippen molar-refractivity contribution in [1.82, 2.24) is 14.8 Å². The van der Waals surface area contributed by atoms with Gasteiger partial charge in [-0.25, -0.2) is 0 Å². The van der Waals surface area contributed by atoms with Crippen molar-refractivity contribution in [2.45, 2.75) is 31.7 Å². The second-order valence-electron chi connectivity index (χ2n) is 6.42. The Morgan fingerprint density at radius 3 is 2.56 bits per heavy atom. The Morgan fingerprint density at radius 2 is 1.84 bits per heavy atom. The van der Waals surface area contributed by atoms with Crippen LogP contribution in [-0.4, -0.2) is 14.8 Å². The molecule has 3 aromatic rings. The molecule has 4 nitrogen and oxygen atoms in total. The van der Waals surface area contributed by atoms with Gasteiger partial charge in [0.25, 0.3) is 0 Å². The number of benzene rings is 2. The first-order valence-electron chi connectivity index (χ1n) is 8.28. The Morgan fingerprint density at radius 1 is 1.08 bits per heavy atom. The number of halogens is 2. The molecule has 0 spiro atoms. The zero-order chi connectivity index (χ0) is 17.6. The predicted molar refractivity (Wildman–Crippen MR) is 101 cm³/mol. The van der Waals surface area contributed by atoms with Gasteiger partial charge < -0.3 is 5.73 Å². The van der Waals surface area contributed by atoms with Gasteiger partial charge in [0.15, 0.2) is 0 Å². The van der Waals surface area contributed by atoms with Gasteiger partial charge in [0.2, 0.25) is 0 Å². The van der Waals surface area contributed by atoms with Crippen LogP contribution in [0.2, 0.25) is 10.0 Å². The van der Waals surface area contributed by atoms with Gasteiger partial charge in [-0.3, -0.25) is 4.57 Å². The highest BCUT2D eigenvalue weighted by Crippen LogP contribution is 2.41. The Kier molecular flexibility index (Phi) is 4.28. The van der Waals surface area contributed by atoms with Crippen LogP contribution in [0.25, 0.3) is 5.69 Å². The molecule has 128 valence electrons. The molecular weight excluding hydrogens is 355 g/mol. The van der Waals surface area contributed by atoms with Crippen molar-refractivity contribution < 1.29 is 0 Å². The van der Waals surface area contributed by atoms with Crippen molar-refractivity contribution in [3.8, 4) is 5.69 Å². The van der Waals surface area contributed by atoms with Gasteiger partial charge in [0.1, 0.15) is 11.6 Å². The summed E-state index contributed by atoms with van der Waals surface area (Å²) in [6, 6.07) is 13.0. The van der Waals surface area contributed by atoms with E-state index in [0.29, 0.717) is 16.0 Å². The van der Waals surface area contributed by atoms with Crippen LogP contribution in [0.15, 0.2) is 42.5 Å². The van der Waals surface area contributed by atoms with Crippen molar-refractivity contribution in [3.63, 3.8) is 0 Å². The molecule has 0 aliphatic heterocycles.